The number of carbonyl (C=O) groups is 4. The van der Waals surface area contributed by atoms with Crippen molar-refractivity contribution in [3.8, 4) is 0 Å². The first-order chi connectivity index (χ1) is 17.9. The second kappa shape index (κ2) is 9.16. The first-order valence-corrected chi connectivity index (χ1v) is 13.2. The molecule has 7 nitrogen and oxygen atoms in total. The van der Waals surface area contributed by atoms with Crippen molar-refractivity contribution in [2.24, 2.45) is 22.7 Å². The average molecular weight is 519 g/mol. The molecular weight excluding hydrogens is 484 g/mol. The normalized spacial score (nSPS) is 35.6. The maximum Gasteiger partial charge on any atom is 0.339 e. The number of Topliss-reactive ketones (excluding diaryl/α,β-unsaturated/α-hetero) is 1. The van der Waals surface area contributed by atoms with Gasteiger partial charge < -0.3 is 14.6 Å². The molecule has 1 aromatic rings. The molecule has 2 unspecified atom stereocenters. The van der Waals surface area contributed by atoms with Crippen molar-refractivity contribution in [1.29, 1.82) is 0 Å². The SMILES string of the molecule is CC(=O)OCC(=O)[C@@]1(OC(=O)c2ccccc2)CC[C@H]2C3=C(C(O)C[C@@]21C)[C@@]1(C)C=CC(=O)C=C1C(C)C3. The van der Waals surface area contributed by atoms with Crippen molar-refractivity contribution in [3.63, 3.8) is 0 Å². The van der Waals surface area contributed by atoms with Gasteiger partial charge in [0.15, 0.2) is 18.0 Å². The topological polar surface area (TPSA) is 107 Å². The Hall–Kier alpha value is -3.32. The summed E-state index contributed by atoms with van der Waals surface area (Å²) < 4.78 is 11.3. The van der Waals surface area contributed by atoms with E-state index < -0.39 is 46.9 Å². The fourth-order valence-electron chi connectivity index (χ4n) is 7.73. The van der Waals surface area contributed by atoms with Crippen LogP contribution in [0.15, 0.2) is 65.3 Å². The highest BCUT2D eigenvalue weighted by Crippen LogP contribution is 2.66. The molecule has 0 aliphatic heterocycles. The number of hydrogen-bond donors (Lipinski definition) is 1. The van der Waals surface area contributed by atoms with Crippen molar-refractivity contribution >= 4 is 23.5 Å². The summed E-state index contributed by atoms with van der Waals surface area (Å²) in [5, 5.41) is 11.7. The Labute approximate surface area is 222 Å². The summed E-state index contributed by atoms with van der Waals surface area (Å²) in [5.74, 6) is -1.80. The number of benzene rings is 1. The van der Waals surface area contributed by atoms with Crippen molar-refractivity contribution in [2.75, 3.05) is 6.61 Å². The van der Waals surface area contributed by atoms with Crippen LogP contribution in [0, 0.1) is 22.7 Å². The summed E-state index contributed by atoms with van der Waals surface area (Å²) in [6.45, 7) is 6.77. The Kier molecular flexibility index (Phi) is 6.33. The van der Waals surface area contributed by atoms with Gasteiger partial charge in [0.05, 0.1) is 11.7 Å². The zero-order valence-corrected chi connectivity index (χ0v) is 22.3. The monoisotopic (exact) mass is 518 g/mol. The minimum absolute atomic E-state index is 0.0488. The highest BCUT2D eigenvalue weighted by atomic mass is 16.6. The molecule has 0 saturated heterocycles. The van der Waals surface area contributed by atoms with Crippen LogP contribution in [0.5, 0.6) is 0 Å². The first-order valence-electron chi connectivity index (χ1n) is 13.2. The number of hydrogen-bond acceptors (Lipinski definition) is 7. The van der Waals surface area contributed by atoms with Gasteiger partial charge in [-0.1, -0.05) is 43.7 Å². The van der Waals surface area contributed by atoms with E-state index in [1.54, 1.807) is 42.5 Å². The molecule has 200 valence electrons. The molecule has 0 aromatic heterocycles. The van der Waals surface area contributed by atoms with Crippen LogP contribution in [-0.4, -0.2) is 46.9 Å². The zero-order valence-electron chi connectivity index (χ0n) is 22.3. The number of aliphatic hydroxyl groups is 1. The van der Waals surface area contributed by atoms with Gasteiger partial charge in [-0.25, -0.2) is 4.79 Å². The molecule has 0 amide bonds. The highest BCUT2D eigenvalue weighted by molar-refractivity contribution is 6.01. The summed E-state index contributed by atoms with van der Waals surface area (Å²) in [4.78, 5) is 51.0. The van der Waals surface area contributed by atoms with Crippen molar-refractivity contribution in [1.82, 2.24) is 0 Å². The standard InChI is InChI=1S/C31H34O7/c1-18-14-22-23-11-13-31(26(35)17-37-19(2)32,38-28(36)20-8-6-5-7-9-20)30(23,4)16-25(34)27(22)29(3)12-10-21(33)15-24(18)29/h5-10,12,15,18,23,25,34H,11,13-14,16-17H2,1-4H3/t18?,23-,25?,29-,30-,31-/m0/s1. The molecule has 4 aliphatic rings. The maximum absolute atomic E-state index is 13.8. The van der Waals surface area contributed by atoms with E-state index in [4.69, 9.17) is 9.47 Å². The van der Waals surface area contributed by atoms with Crippen LogP contribution in [0.1, 0.15) is 63.7 Å². The van der Waals surface area contributed by atoms with Gasteiger partial charge in [0.1, 0.15) is 0 Å². The number of carbonyl (C=O) groups excluding carboxylic acids is 4. The molecule has 1 fully saturated rings. The number of rotatable bonds is 5. The van der Waals surface area contributed by atoms with E-state index in [9.17, 15) is 24.3 Å². The summed E-state index contributed by atoms with van der Waals surface area (Å²) in [7, 11) is 0. The summed E-state index contributed by atoms with van der Waals surface area (Å²) >= 11 is 0. The predicted molar refractivity (Wildman–Crippen MR) is 139 cm³/mol. The van der Waals surface area contributed by atoms with E-state index in [0.717, 1.165) is 16.7 Å². The van der Waals surface area contributed by atoms with E-state index in [-0.39, 0.29) is 30.5 Å². The molecular formula is C31H34O7. The third kappa shape index (κ3) is 3.82. The minimum atomic E-state index is -1.57. The van der Waals surface area contributed by atoms with Crippen LogP contribution in [0.3, 0.4) is 0 Å². The lowest BCUT2D eigenvalue weighted by Gasteiger charge is -2.55. The maximum atomic E-state index is 13.8. The van der Waals surface area contributed by atoms with Gasteiger partial charge in [-0.3, -0.25) is 14.4 Å². The summed E-state index contributed by atoms with van der Waals surface area (Å²) in [5.41, 5.74) is 0.214. The highest BCUT2D eigenvalue weighted by Gasteiger charge is 2.68. The Bertz CT molecular complexity index is 1300. The molecule has 1 aromatic carbocycles. The molecule has 1 N–H and O–H groups in total. The van der Waals surface area contributed by atoms with Crippen LogP contribution in [-0.2, 0) is 23.9 Å². The minimum Gasteiger partial charge on any atom is -0.458 e. The van der Waals surface area contributed by atoms with Gasteiger partial charge in [-0.2, -0.15) is 0 Å². The number of fused-ring (bicyclic) bond motifs is 4. The smallest absolute Gasteiger partial charge is 0.339 e. The lowest BCUT2D eigenvalue weighted by atomic mass is 9.51. The summed E-state index contributed by atoms with van der Waals surface area (Å²) in [6.07, 6.45) is 5.94. The van der Waals surface area contributed by atoms with Crippen molar-refractivity contribution < 1.29 is 33.8 Å². The van der Waals surface area contributed by atoms with E-state index in [1.807, 2.05) is 19.9 Å². The van der Waals surface area contributed by atoms with Gasteiger partial charge in [0, 0.05) is 17.8 Å². The molecule has 4 aliphatic carbocycles. The third-order valence-electron chi connectivity index (χ3n) is 9.42. The molecule has 38 heavy (non-hydrogen) atoms. The fourth-order valence-corrected chi connectivity index (χ4v) is 7.73. The van der Waals surface area contributed by atoms with Crippen LogP contribution >= 0.6 is 0 Å². The van der Waals surface area contributed by atoms with Crippen LogP contribution in [0.2, 0.25) is 0 Å². The number of esters is 2. The molecule has 1 saturated carbocycles. The predicted octanol–water partition coefficient (Wildman–Crippen LogP) is 4.30. The van der Waals surface area contributed by atoms with E-state index in [1.165, 1.54) is 6.92 Å². The van der Waals surface area contributed by atoms with Gasteiger partial charge in [0.2, 0.25) is 5.78 Å². The Morgan fingerprint density at radius 1 is 1.13 bits per heavy atom. The lowest BCUT2D eigenvalue weighted by Crippen LogP contribution is -2.59. The summed E-state index contributed by atoms with van der Waals surface area (Å²) in [6, 6.07) is 8.50. The molecule has 5 rings (SSSR count). The number of ether oxygens (including phenoxy) is 2. The van der Waals surface area contributed by atoms with Crippen molar-refractivity contribution in [3.05, 3.63) is 70.8 Å². The quantitative estimate of drug-likeness (QED) is 0.457. The van der Waals surface area contributed by atoms with E-state index >= 15 is 0 Å². The third-order valence-corrected chi connectivity index (χ3v) is 9.42. The largest absolute Gasteiger partial charge is 0.458 e. The van der Waals surface area contributed by atoms with Gasteiger partial charge in [0.25, 0.3) is 0 Å². The zero-order chi connectivity index (χ0) is 27.5. The van der Waals surface area contributed by atoms with E-state index in [0.29, 0.717) is 18.4 Å². The Morgan fingerprint density at radius 3 is 2.53 bits per heavy atom. The Morgan fingerprint density at radius 2 is 1.84 bits per heavy atom. The molecule has 0 spiro atoms. The number of aliphatic hydroxyl groups excluding tert-OH is 1. The Balaban J connectivity index is 1.61. The van der Waals surface area contributed by atoms with Crippen LogP contribution in [0.25, 0.3) is 0 Å². The van der Waals surface area contributed by atoms with Crippen molar-refractivity contribution in [2.45, 2.75) is 65.1 Å². The first kappa shape index (κ1) is 26.3. The molecule has 6 atom stereocenters. The van der Waals surface area contributed by atoms with Gasteiger partial charge >= 0.3 is 11.9 Å². The van der Waals surface area contributed by atoms with Gasteiger partial charge in [-0.15, -0.1) is 0 Å². The number of ketones is 2. The van der Waals surface area contributed by atoms with Crippen LogP contribution < -0.4 is 0 Å². The molecule has 0 bridgehead atoms. The van der Waals surface area contributed by atoms with E-state index in [2.05, 4.69) is 6.92 Å². The molecule has 0 radical (unpaired) electrons. The van der Waals surface area contributed by atoms with Gasteiger partial charge in [-0.05, 0) is 79.9 Å². The second-order valence-corrected chi connectivity index (χ2v) is 11.6. The lowest BCUT2D eigenvalue weighted by molar-refractivity contribution is -0.164. The fraction of sp³-hybridized carbons (Fsp3) is 0.484. The second-order valence-electron chi connectivity index (χ2n) is 11.6. The van der Waals surface area contributed by atoms with Crippen LogP contribution in [0.4, 0.5) is 0 Å². The average Bonchev–Trinajstić information content (AvgIpc) is 3.16. The number of allylic oxidation sites excluding steroid dienone is 5. The molecule has 0 heterocycles. The molecule has 7 heteroatoms.